The van der Waals surface area contributed by atoms with Crippen molar-refractivity contribution in [2.24, 2.45) is 0 Å². The summed E-state index contributed by atoms with van der Waals surface area (Å²) in [5.74, 6) is -0.707. The van der Waals surface area contributed by atoms with Crippen LogP contribution >= 0.6 is 0 Å². The number of carbonyl (C=O) groups excluding carboxylic acids is 2. The molecule has 224 valence electrons. The molecule has 0 spiro atoms. The van der Waals surface area contributed by atoms with Gasteiger partial charge in [-0.15, -0.1) is 0 Å². The SMILES string of the molecule is CCC(C(=O)NC1CCCCC1)N(Cc1ccc(OC)cc1)C(=O)CN(c1ccccc1)S(=O)(=O)c1ccc(F)cc1. The van der Waals surface area contributed by atoms with Gasteiger partial charge < -0.3 is 15.0 Å². The second-order valence-corrected chi connectivity index (χ2v) is 12.3. The highest BCUT2D eigenvalue weighted by atomic mass is 32.2. The molecule has 0 heterocycles. The molecule has 4 rings (SSSR count). The Bertz CT molecular complexity index is 1430. The highest BCUT2D eigenvalue weighted by Crippen LogP contribution is 2.25. The van der Waals surface area contributed by atoms with Crippen molar-refractivity contribution in [3.8, 4) is 5.75 Å². The summed E-state index contributed by atoms with van der Waals surface area (Å²) in [5.41, 5.74) is 1.04. The van der Waals surface area contributed by atoms with Gasteiger partial charge in [0.25, 0.3) is 10.0 Å². The third-order valence-corrected chi connectivity index (χ3v) is 9.36. The van der Waals surface area contributed by atoms with Gasteiger partial charge in [-0.05, 0) is 73.4 Å². The number of amides is 2. The number of methoxy groups -OCH3 is 1. The lowest BCUT2D eigenvalue weighted by molar-refractivity contribution is -0.140. The smallest absolute Gasteiger partial charge is 0.264 e. The van der Waals surface area contributed by atoms with Crippen LogP contribution in [0.1, 0.15) is 51.0 Å². The second kappa shape index (κ2) is 14.3. The van der Waals surface area contributed by atoms with Crippen LogP contribution in [0.5, 0.6) is 5.75 Å². The minimum Gasteiger partial charge on any atom is -0.497 e. The van der Waals surface area contributed by atoms with Gasteiger partial charge >= 0.3 is 0 Å². The van der Waals surface area contributed by atoms with E-state index < -0.39 is 34.3 Å². The Balaban J connectivity index is 1.68. The summed E-state index contributed by atoms with van der Waals surface area (Å²) < 4.78 is 47.5. The average Bonchev–Trinajstić information content (AvgIpc) is 3.01. The summed E-state index contributed by atoms with van der Waals surface area (Å²) in [5, 5.41) is 3.14. The standard InChI is InChI=1S/C32H38FN3O5S/c1-3-30(32(38)34-26-10-6-4-7-11-26)35(22-24-14-18-28(41-2)19-15-24)31(37)23-36(27-12-8-5-9-13-27)42(39,40)29-20-16-25(33)17-21-29/h5,8-9,12-21,26,30H,3-4,6-7,10-11,22-23H2,1-2H3,(H,34,38). The van der Waals surface area contributed by atoms with E-state index in [0.29, 0.717) is 12.2 Å². The zero-order valence-corrected chi connectivity index (χ0v) is 24.9. The van der Waals surface area contributed by atoms with Crippen molar-refractivity contribution in [3.63, 3.8) is 0 Å². The molecule has 0 saturated heterocycles. The highest BCUT2D eigenvalue weighted by Gasteiger charge is 2.34. The fourth-order valence-electron chi connectivity index (χ4n) is 5.25. The topological polar surface area (TPSA) is 96.0 Å². The summed E-state index contributed by atoms with van der Waals surface area (Å²) in [6, 6.07) is 19.2. The molecule has 1 N–H and O–H groups in total. The number of carbonyl (C=O) groups is 2. The molecule has 2 amide bonds. The average molecular weight is 596 g/mol. The van der Waals surface area contributed by atoms with Gasteiger partial charge in [0.15, 0.2) is 0 Å². The van der Waals surface area contributed by atoms with E-state index in [1.807, 2.05) is 19.1 Å². The molecule has 0 aliphatic heterocycles. The molecule has 1 unspecified atom stereocenters. The lowest BCUT2D eigenvalue weighted by Gasteiger charge is -2.34. The van der Waals surface area contributed by atoms with Crippen molar-refractivity contribution < 1.29 is 27.1 Å². The summed E-state index contributed by atoms with van der Waals surface area (Å²) in [4.78, 5) is 29.0. The number of hydrogen-bond donors (Lipinski definition) is 1. The summed E-state index contributed by atoms with van der Waals surface area (Å²) in [7, 11) is -2.69. The molecular formula is C32H38FN3O5S. The van der Waals surface area contributed by atoms with Crippen molar-refractivity contribution in [1.82, 2.24) is 10.2 Å². The zero-order valence-electron chi connectivity index (χ0n) is 24.0. The summed E-state index contributed by atoms with van der Waals surface area (Å²) >= 11 is 0. The lowest BCUT2D eigenvalue weighted by atomic mass is 9.95. The molecule has 3 aromatic carbocycles. The Morgan fingerprint density at radius 1 is 0.952 bits per heavy atom. The van der Waals surface area contributed by atoms with E-state index in [1.54, 1.807) is 49.6 Å². The van der Waals surface area contributed by atoms with E-state index in [0.717, 1.165) is 54.1 Å². The van der Waals surface area contributed by atoms with Crippen molar-refractivity contribution in [2.45, 2.75) is 69.0 Å². The molecule has 0 aromatic heterocycles. The molecule has 0 radical (unpaired) electrons. The molecule has 1 fully saturated rings. The predicted molar refractivity (Wildman–Crippen MR) is 160 cm³/mol. The van der Waals surface area contributed by atoms with Gasteiger partial charge in [-0.1, -0.05) is 56.5 Å². The van der Waals surface area contributed by atoms with E-state index in [9.17, 15) is 22.4 Å². The fraction of sp³-hybridized carbons (Fsp3) is 0.375. The molecule has 10 heteroatoms. The molecule has 42 heavy (non-hydrogen) atoms. The van der Waals surface area contributed by atoms with Crippen LogP contribution in [-0.4, -0.2) is 50.9 Å². The second-order valence-electron chi connectivity index (χ2n) is 10.4. The summed E-state index contributed by atoms with van der Waals surface area (Å²) in [6.07, 6.45) is 5.37. The Morgan fingerprint density at radius 2 is 1.60 bits per heavy atom. The number of rotatable bonds is 12. The van der Waals surface area contributed by atoms with Gasteiger partial charge in [0.2, 0.25) is 11.8 Å². The molecule has 1 aliphatic rings. The van der Waals surface area contributed by atoms with E-state index in [-0.39, 0.29) is 29.1 Å². The normalized spacial score (nSPS) is 14.5. The van der Waals surface area contributed by atoms with E-state index in [4.69, 9.17) is 4.74 Å². The Morgan fingerprint density at radius 3 is 2.19 bits per heavy atom. The first-order valence-corrected chi connectivity index (χ1v) is 15.7. The van der Waals surface area contributed by atoms with Crippen molar-refractivity contribution in [2.75, 3.05) is 18.0 Å². The molecular weight excluding hydrogens is 557 g/mol. The van der Waals surface area contributed by atoms with Crippen molar-refractivity contribution >= 4 is 27.5 Å². The fourth-order valence-corrected chi connectivity index (χ4v) is 6.66. The van der Waals surface area contributed by atoms with Crippen LogP contribution in [0.4, 0.5) is 10.1 Å². The molecule has 1 aliphatic carbocycles. The van der Waals surface area contributed by atoms with Crippen LogP contribution in [-0.2, 0) is 26.2 Å². The number of sulfonamides is 1. The third kappa shape index (κ3) is 7.67. The number of ether oxygens (including phenoxy) is 1. The predicted octanol–water partition coefficient (Wildman–Crippen LogP) is 5.29. The van der Waals surface area contributed by atoms with Gasteiger partial charge in [0.05, 0.1) is 17.7 Å². The van der Waals surface area contributed by atoms with E-state index in [2.05, 4.69) is 5.32 Å². The van der Waals surface area contributed by atoms with E-state index >= 15 is 0 Å². The number of para-hydroxylation sites is 1. The molecule has 1 saturated carbocycles. The van der Waals surface area contributed by atoms with Crippen LogP contribution < -0.4 is 14.4 Å². The Labute approximate surface area is 247 Å². The van der Waals surface area contributed by atoms with Gasteiger partial charge in [-0.25, -0.2) is 12.8 Å². The van der Waals surface area contributed by atoms with Crippen LogP contribution in [0.25, 0.3) is 0 Å². The van der Waals surface area contributed by atoms with Crippen LogP contribution in [0.2, 0.25) is 0 Å². The maximum atomic E-state index is 14.1. The summed E-state index contributed by atoms with van der Waals surface area (Å²) in [6.45, 7) is 1.38. The maximum Gasteiger partial charge on any atom is 0.264 e. The number of benzene rings is 3. The number of anilines is 1. The molecule has 8 nitrogen and oxygen atoms in total. The van der Waals surface area contributed by atoms with Crippen molar-refractivity contribution in [3.05, 3.63) is 90.2 Å². The van der Waals surface area contributed by atoms with Gasteiger partial charge in [0, 0.05) is 12.6 Å². The highest BCUT2D eigenvalue weighted by molar-refractivity contribution is 7.92. The van der Waals surface area contributed by atoms with Crippen LogP contribution in [0.15, 0.2) is 83.8 Å². The minimum absolute atomic E-state index is 0.0536. The lowest BCUT2D eigenvalue weighted by Crippen LogP contribution is -2.54. The molecule has 1 atom stereocenters. The van der Waals surface area contributed by atoms with Gasteiger partial charge in [0.1, 0.15) is 24.2 Å². The van der Waals surface area contributed by atoms with Crippen molar-refractivity contribution in [1.29, 1.82) is 0 Å². The largest absolute Gasteiger partial charge is 0.497 e. The van der Waals surface area contributed by atoms with Crippen LogP contribution in [0.3, 0.4) is 0 Å². The minimum atomic E-state index is -4.25. The first kappa shape index (κ1) is 31.0. The quantitative estimate of drug-likeness (QED) is 0.307. The van der Waals surface area contributed by atoms with Gasteiger partial charge in [-0.3, -0.25) is 13.9 Å². The third-order valence-electron chi connectivity index (χ3n) is 7.57. The Kier molecular flexibility index (Phi) is 10.6. The number of hydrogen-bond acceptors (Lipinski definition) is 5. The number of nitrogens with one attached hydrogen (secondary N) is 1. The van der Waals surface area contributed by atoms with E-state index in [1.165, 1.54) is 17.0 Å². The van der Waals surface area contributed by atoms with Gasteiger partial charge in [-0.2, -0.15) is 0 Å². The Hall–Kier alpha value is -3.92. The molecule has 0 bridgehead atoms. The monoisotopic (exact) mass is 595 g/mol. The number of halogens is 1. The van der Waals surface area contributed by atoms with Crippen LogP contribution in [0, 0.1) is 5.82 Å². The maximum absolute atomic E-state index is 14.1. The zero-order chi connectivity index (χ0) is 30.1. The molecule has 3 aromatic rings. The first-order valence-electron chi connectivity index (χ1n) is 14.3. The number of nitrogens with zero attached hydrogens (tertiary/aromatic N) is 2. The first-order chi connectivity index (χ1) is 20.2.